The molecule has 5 nitrogen and oxygen atoms in total. The maximum absolute atomic E-state index is 5.45. The predicted octanol–water partition coefficient (Wildman–Crippen LogP) is 2.28. The molecular weight excluding hydrogens is 332 g/mol. The van der Waals surface area contributed by atoms with Crippen LogP contribution >= 0.6 is 11.8 Å². The Bertz CT molecular complexity index is 428. The van der Waals surface area contributed by atoms with Crippen molar-refractivity contribution in [3.05, 3.63) is 0 Å². The Balaban J connectivity index is 1.46. The van der Waals surface area contributed by atoms with Gasteiger partial charge in [0.05, 0.1) is 13.2 Å². The number of aliphatic imine (C=N–C) groups is 1. The van der Waals surface area contributed by atoms with Crippen LogP contribution in [-0.2, 0) is 4.74 Å². The van der Waals surface area contributed by atoms with E-state index in [9.17, 15) is 0 Å². The molecule has 1 spiro atoms. The molecule has 0 aromatic heterocycles. The average Bonchev–Trinajstić information content (AvgIpc) is 2.64. The van der Waals surface area contributed by atoms with Crippen LogP contribution in [0.3, 0.4) is 0 Å². The number of ether oxygens (including phenoxy) is 1. The van der Waals surface area contributed by atoms with Gasteiger partial charge in [-0.1, -0.05) is 26.2 Å². The summed E-state index contributed by atoms with van der Waals surface area (Å²) >= 11 is 2.22. The summed E-state index contributed by atoms with van der Waals surface area (Å²) in [5, 5.41) is 3.66. The summed E-state index contributed by atoms with van der Waals surface area (Å²) in [6.07, 6.45) is 7.01. The number of guanidine groups is 1. The van der Waals surface area contributed by atoms with Gasteiger partial charge in [0.25, 0.3) is 0 Å². The minimum atomic E-state index is 0.494. The van der Waals surface area contributed by atoms with Crippen LogP contribution in [0.5, 0.6) is 0 Å². The lowest BCUT2D eigenvalue weighted by molar-refractivity contribution is 0.0320. The normalized spacial score (nSPS) is 26.6. The van der Waals surface area contributed by atoms with Crippen LogP contribution in [0.4, 0.5) is 0 Å². The van der Waals surface area contributed by atoms with Gasteiger partial charge in [-0.3, -0.25) is 9.89 Å². The van der Waals surface area contributed by atoms with E-state index < -0.39 is 0 Å². The van der Waals surface area contributed by atoms with Crippen molar-refractivity contribution in [3.63, 3.8) is 0 Å². The molecule has 1 aliphatic carbocycles. The van der Waals surface area contributed by atoms with Crippen molar-refractivity contribution in [1.29, 1.82) is 0 Å². The van der Waals surface area contributed by atoms with E-state index >= 15 is 0 Å². The Morgan fingerprint density at radius 2 is 1.96 bits per heavy atom. The average molecular weight is 369 g/mol. The number of morpholine rings is 1. The first kappa shape index (κ1) is 19.3. The molecule has 25 heavy (non-hydrogen) atoms. The monoisotopic (exact) mass is 368 g/mol. The molecule has 0 bridgehead atoms. The molecule has 2 heterocycles. The third-order valence-corrected chi connectivity index (χ3v) is 7.34. The molecule has 0 aromatic carbocycles. The summed E-state index contributed by atoms with van der Waals surface area (Å²) in [4.78, 5) is 9.64. The zero-order chi connectivity index (χ0) is 17.5. The SMILES string of the molecule is CN=C(NCC(C)CN1CCOCC1)N1CCSC2(CCCCC2)C1. The Labute approximate surface area is 157 Å². The van der Waals surface area contributed by atoms with Crippen LogP contribution in [0.25, 0.3) is 0 Å². The van der Waals surface area contributed by atoms with E-state index in [2.05, 4.69) is 38.8 Å². The fourth-order valence-corrected chi connectivity index (χ4v) is 5.98. The van der Waals surface area contributed by atoms with Crippen LogP contribution in [0, 0.1) is 5.92 Å². The van der Waals surface area contributed by atoms with Gasteiger partial charge < -0.3 is 15.0 Å². The highest BCUT2D eigenvalue weighted by Gasteiger charge is 2.38. The third kappa shape index (κ3) is 5.51. The maximum atomic E-state index is 5.45. The molecule has 0 aromatic rings. The van der Waals surface area contributed by atoms with Crippen molar-refractivity contribution in [3.8, 4) is 0 Å². The number of nitrogens with one attached hydrogen (secondary N) is 1. The molecule has 3 aliphatic rings. The Morgan fingerprint density at radius 3 is 2.68 bits per heavy atom. The summed E-state index contributed by atoms with van der Waals surface area (Å²) < 4.78 is 5.94. The fraction of sp³-hybridized carbons (Fsp3) is 0.947. The van der Waals surface area contributed by atoms with Gasteiger partial charge in [0.1, 0.15) is 0 Å². The van der Waals surface area contributed by atoms with Gasteiger partial charge in [-0.2, -0.15) is 11.8 Å². The van der Waals surface area contributed by atoms with Crippen LogP contribution in [0.15, 0.2) is 4.99 Å². The molecule has 3 rings (SSSR count). The summed E-state index contributed by atoms with van der Waals surface area (Å²) in [6, 6.07) is 0. The zero-order valence-corrected chi connectivity index (χ0v) is 17.0. The van der Waals surface area contributed by atoms with Crippen molar-refractivity contribution >= 4 is 17.7 Å². The molecule has 2 aliphatic heterocycles. The van der Waals surface area contributed by atoms with E-state index in [1.54, 1.807) is 0 Å². The van der Waals surface area contributed by atoms with Crippen LogP contribution < -0.4 is 5.32 Å². The Kier molecular flexibility index (Phi) is 7.31. The van der Waals surface area contributed by atoms with Crippen molar-refractivity contribution in [2.45, 2.75) is 43.8 Å². The van der Waals surface area contributed by atoms with E-state index in [1.807, 2.05) is 7.05 Å². The van der Waals surface area contributed by atoms with Gasteiger partial charge in [0.15, 0.2) is 5.96 Å². The number of nitrogens with zero attached hydrogens (tertiary/aromatic N) is 3. The fourth-order valence-electron chi connectivity index (χ4n) is 4.41. The minimum Gasteiger partial charge on any atom is -0.379 e. The Morgan fingerprint density at radius 1 is 1.20 bits per heavy atom. The summed E-state index contributed by atoms with van der Waals surface area (Å²) in [6.45, 7) is 10.7. The first-order valence-corrected chi connectivity index (χ1v) is 11.1. The van der Waals surface area contributed by atoms with E-state index in [0.717, 1.165) is 51.9 Å². The maximum Gasteiger partial charge on any atom is 0.193 e. The quantitative estimate of drug-likeness (QED) is 0.609. The molecular formula is C19H36N4OS. The van der Waals surface area contributed by atoms with Crippen LogP contribution in [-0.4, -0.2) is 85.8 Å². The third-order valence-electron chi connectivity index (χ3n) is 5.81. The summed E-state index contributed by atoms with van der Waals surface area (Å²) in [5.41, 5.74) is 0. The largest absolute Gasteiger partial charge is 0.379 e. The van der Waals surface area contributed by atoms with Crippen molar-refractivity contribution in [2.24, 2.45) is 10.9 Å². The first-order chi connectivity index (χ1) is 12.2. The molecule has 1 atom stereocenters. The zero-order valence-electron chi connectivity index (χ0n) is 16.1. The number of rotatable bonds is 4. The van der Waals surface area contributed by atoms with Gasteiger partial charge in [0, 0.05) is 56.8 Å². The van der Waals surface area contributed by atoms with E-state index in [0.29, 0.717) is 10.7 Å². The highest BCUT2D eigenvalue weighted by molar-refractivity contribution is 8.00. The van der Waals surface area contributed by atoms with E-state index in [4.69, 9.17) is 4.74 Å². The van der Waals surface area contributed by atoms with Gasteiger partial charge >= 0.3 is 0 Å². The molecule has 1 N–H and O–H groups in total. The number of hydrogen-bond acceptors (Lipinski definition) is 4. The minimum absolute atomic E-state index is 0.494. The van der Waals surface area contributed by atoms with E-state index in [1.165, 1.54) is 44.4 Å². The van der Waals surface area contributed by atoms with Gasteiger partial charge in [0.2, 0.25) is 0 Å². The molecule has 6 heteroatoms. The molecule has 3 fully saturated rings. The standard InChI is InChI=1S/C19H36N4OS/c1-17(15-22-8-11-24-12-9-22)14-21-18(20-2)23-10-13-25-19(16-23)6-4-3-5-7-19/h17H,3-16H2,1-2H3,(H,20,21). The van der Waals surface area contributed by atoms with Crippen molar-refractivity contribution < 1.29 is 4.74 Å². The van der Waals surface area contributed by atoms with Gasteiger partial charge in [-0.25, -0.2) is 0 Å². The van der Waals surface area contributed by atoms with Crippen molar-refractivity contribution in [1.82, 2.24) is 15.1 Å². The molecule has 1 saturated carbocycles. The second-order valence-corrected chi connectivity index (χ2v) is 9.52. The summed E-state index contributed by atoms with van der Waals surface area (Å²) in [5.74, 6) is 2.97. The first-order valence-electron chi connectivity index (χ1n) is 10.1. The molecule has 0 radical (unpaired) electrons. The van der Waals surface area contributed by atoms with Crippen molar-refractivity contribution in [2.75, 3.05) is 65.3 Å². The van der Waals surface area contributed by atoms with Crippen LogP contribution in [0.1, 0.15) is 39.0 Å². The predicted molar refractivity (Wildman–Crippen MR) is 108 cm³/mol. The smallest absolute Gasteiger partial charge is 0.193 e. The Hall–Kier alpha value is -0.460. The van der Waals surface area contributed by atoms with E-state index in [-0.39, 0.29) is 0 Å². The highest BCUT2D eigenvalue weighted by atomic mass is 32.2. The summed E-state index contributed by atoms with van der Waals surface area (Å²) in [7, 11) is 1.93. The lowest BCUT2D eigenvalue weighted by Crippen LogP contribution is -2.54. The molecule has 2 saturated heterocycles. The molecule has 0 amide bonds. The van der Waals surface area contributed by atoms with Gasteiger partial charge in [-0.05, 0) is 18.8 Å². The second-order valence-electron chi connectivity index (χ2n) is 7.96. The number of hydrogen-bond donors (Lipinski definition) is 1. The number of thioether (sulfide) groups is 1. The lowest BCUT2D eigenvalue weighted by atomic mass is 9.87. The van der Waals surface area contributed by atoms with Gasteiger partial charge in [-0.15, -0.1) is 0 Å². The van der Waals surface area contributed by atoms with Crippen LogP contribution in [0.2, 0.25) is 0 Å². The highest BCUT2D eigenvalue weighted by Crippen LogP contribution is 2.42. The molecule has 144 valence electrons. The lowest BCUT2D eigenvalue weighted by Gasteiger charge is -2.45. The molecule has 1 unspecified atom stereocenters. The topological polar surface area (TPSA) is 40.1 Å². The second kappa shape index (κ2) is 9.47.